The van der Waals surface area contributed by atoms with Gasteiger partial charge in [-0.1, -0.05) is 18.2 Å². The van der Waals surface area contributed by atoms with E-state index in [1.807, 2.05) is 29.2 Å². The number of fused-ring (bicyclic) bond motifs is 6. The molecule has 1 aromatic carbocycles. The van der Waals surface area contributed by atoms with E-state index < -0.39 is 27.9 Å². The van der Waals surface area contributed by atoms with Gasteiger partial charge in [-0.15, -0.1) is 0 Å². The number of aromatic nitrogens is 1. The number of carbonyl (C=O) groups excluding carboxylic acids is 2. The average Bonchev–Trinajstić information content (AvgIpc) is 3.35. The Hall–Kier alpha value is -2.12. The lowest BCUT2D eigenvalue weighted by Crippen LogP contribution is -2.42. The summed E-state index contributed by atoms with van der Waals surface area (Å²) in [5, 5.41) is 1.19. The van der Waals surface area contributed by atoms with E-state index in [0.717, 1.165) is 17.6 Å². The molecule has 0 radical (unpaired) electrons. The number of rotatable bonds is 1. The van der Waals surface area contributed by atoms with E-state index in [9.17, 15) is 9.59 Å². The summed E-state index contributed by atoms with van der Waals surface area (Å²) in [6.45, 7) is 0.622. The van der Waals surface area contributed by atoms with Crippen molar-refractivity contribution in [3.05, 3.63) is 47.7 Å². The molecule has 0 unspecified atom stereocenters. The zero-order valence-electron chi connectivity index (χ0n) is 14.6. The molecule has 27 heavy (non-hydrogen) atoms. The van der Waals surface area contributed by atoms with Crippen LogP contribution in [0.3, 0.4) is 0 Å². The van der Waals surface area contributed by atoms with Crippen molar-refractivity contribution in [1.29, 1.82) is 0 Å². The molecule has 7 heteroatoms. The highest BCUT2D eigenvalue weighted by Crippen LogP contribution is 2.66. The molecular formula is C20H17BrN2O4. The average molecular weight is 429 g/mol. The molecule has 4 aliphatic rings. The van der Waals surface area contributed by atoms with Crippen molar-refractivity contribution in [1.82, 2.24) is 9.88 Å². The molecule has 1 aromatic heterocycles. The van der Waals surface area contributed by atoms with Crippen LogP contribution in [0.25, 0.3) is 10.9 Å². The Bertz CT molecular complexity index is 1060. The van der Waals surface area contributed by atoms with Gasteiger partial charge in [0.1, 0.15) is 17.6 Å². The second kappa shape index (κ2) is 4.83. The first-order valence-electron chi connectivity index (χ1n) is 9.07. The summed E-state index contributed by atoms with van der Waals surface area (Å²) in [5.74, 6) is -1.74. The van der Waals surface area contributed by atoms with Gasteiger partial charge >= 0.3 is 5.97 Å². The second-order valence-electron chi connectivity index (χ2n) is 7.71. The number of ether oxygens (including phenoxy) is 2. The third-order valence-electron chi connectivity index (χ3n) is 6.61. The van der Waals surface area contributed by atoms with Crippen LogP contribution in [-0.2, 0) is 25.5 Å². The number of aromatic amines is 1. The van der Waals surface area contributed by atoms with Gasteiger partial charge in [0, 0.05) is 23.1 Å². The zero-order chi connectivity index (χ0) is 18.6. The fraction of sp³-hybridized carbons (Fsp3) is 0.400. The van der Waals surface area contributed by atoms with Crippen LogP contribution in [-0.4, -0.2) is 45.5 Å². The lowest BCUT2D eigenvalue weighted by atomic mass is 9.73. The maximum atomic E-state index is 13.4. The molecule has 0 aliphatic carbocycles. The molecule has 5 atom stereocenters. The minimum Gasteiger partial charge on any atom is -0.469 e. The van der Waals surface area contributed by atoms with Crippen LogP contribution in [0.1, 0.15) is 17.3 Å². The summed E-state index contributed by atoms with van der Waals surface area (Å²) < 4.78 is 10.4. The number of amides is 1. The molecule has 2 aromatic rings. The lowest BCUT2D eigenvalue weighted by molar-refractivity contribution is -0.152. The van der Waals surface area contributed by atoms with Crippen molar-refractivity contribution in [3.8, 4) is 0 Å². The van der Waals surface area contributed by atoms with E-state index in [1.54, 1.807) is 0 Å². The van der Waals surface area contributed by atoms with E-state index in [-0.39, 0.29) is 11.9 Å². The smallest absolute Gasteiger partial charge is 0.313 e. The zero-order valence-corrected chi connectivity index (χ0v) is 16.2. The maximum Gasteiger partial charge on any atom is 0.313 e. The molecular weight excluding hydrogens is 412 g/mol. The number of carbonyl (C=O) groups is 2. The molecule has 2 bridgehead atoms. The van der Waals surface area contributed by atoms with Crippen LogP contribution in [0.4, 0.5) is 0 Å². The highest BCUT2D eigenvalue weighted by molar-refractivity contribution is 9.10. The van der Waals surface area contributed by atoms with Crippen molar-refractivity contribution in [2.75, 3.05) is 13.7 Å². The number of para-hydroxylation sites is 1. The summed E-state index contributed by atoms with van der Waals surface area (Å²) in [7, 11) is 1.35. The van der Waals surface area contributed by atoms with Crippen LogP contribution >= 0.6 is 15.9 Å². The first-order chi connectivity index (χ1) is 13.0. The van der Waals surface area contributed by atoms with Gasteiger partial charge in [-0.3, -0.25) is 9.59 Å². The molecule has 2 fully saturated rings. The van der Waals surface area contributed by atoms with E-state index >= 15 is 0 Å². The van der Waals surface area contributed by atoms with Crippen LogP contribution < -0.4 is 0 Å². The Morgan fingerprint density at radius 3 is 3.00 bits per heavy atom. The molecule has 1 N–H and O–H groups in total. The first kappa shape index (κ1) is 15.9. The SMILES string of the molecule is COC(=O)[C@@H]1[C@@H]2C(=O)N3CCc4c([nH]c5ccccc45)[C@@H]3[C@@]23C=C[C@]1(Br)O3. The first-order valence-corrected chi connectivity index (χ1v) is 9.87. The van der Waals surface area contributed by atoms with Crippen molar-refractivity contribution in [3.63, 3.8) is 0 Å². The van der Waals surface area contributed by atoms with E-state index in [0.29, 0.717) is 6.54 Å². The monoisotopic (exact) mass is 428 g/mol. The maximum absolute atomic E-state index is 13.4. The molecule has 6 rings (SSSR count). The summed E-state index contributed by atoms with van der Waals surface area (Å²) in [6, 6.07) is 7.92. The van der Waals surface area contributed by atoms with Crippen molar-refractivity contribution in [2.24, 2.45) is 11.8 Å². The Morgan fingerprint density at radius 1 is 1.37 bits per heavy atom. The number of nitrogens with one attached hydrogen (secondary N) is 1. The third-order valence-corrected chi connectivity index (χ3v) is 7.53. The highest BCUT2D eigenvalue weighted by atomic mass is 79.9. The Labute approximate surface area is 163 Å². The molecule has 0 saturated carbocycles. The number of esters is 1. The normalized spacial score (nSPS) is 38.2. The van der Waals surface area contributed by atoms with Crippen LogP contribution in [0.15, 0.2) is 36.4 Å². The summed E-state index contributed by atoms with van der Waals surface area (Å²) in [4.78, 5) is 31.3. The van der Waals surface area contributed by atoms with Crippen molar-refractivity contribution in [2.45, 2.75) is 22.6 Å². The Kier molecular flexibility index (Phi) is 2.84. The third kappa shape index (κ3) is 1.66. The van der Waals surface area contributed by atoms with E-state index in [4.69, 9.17) is 9.47 Å². The number of benzene rings is 1. The standard InChI is InChI=1S/C20H17BrN2O4/c1-26-18(25)14-13-17(24)23-9-6-11-10-4-2-3-5-12(10)22-15(11)16(23)19(13)7-8-20(14,21)27-19/h2-5,7-8,13-14,16,22H,6,9H2,1H3/t13-,14+,16-,19-,20+/m1/s1. The predicted molar refractivity (Wildman–Crippen MR) is 100 cm³/mol. The number of hydrogen-bond acceptors (Lipinski definition) is 4. The van der Waals surface area contributed by atoms with Crippen molar-refractivity contribution >= 4 is 38.7 Å². The van der Waals surface area contributed by atoms with Gasteiger partial charge in [0.2, 0.25) is 5.91 Å². The molecule has 1 spiro atoms. The van der Waals surface area contributed by atoms with Crippen LogP contribution in [0.5, 0.6) is 0 Å². The minimum absolute atomic E-state index is 0.0367. The minimum atomic E-state index is -0.990. The van der Waals surface area contributed by atoms with Crippen LogP contribution in [0.2, 0.25) is 0 Å². The number of hydrogen-bond donors (Lipinski definition) is 1. The van der Waals surface area contributed by atoms with Crippen LogP contribution in [0, 0.1) is 11.8 Å². The molecule has 5 heterocycles. The molecule has 2 saturated heterocycles. The Morgan fingerprint density at radius 2 is 2.19 bits per heavy atom. The lowest BCUT2D eigenvalue weighted by Gasteiger charge is -2.36. The number of nitrogens with zero attached hydrogens (tertiary/aromatic N) is 1. The predicted octanol–water partition coefficient (Wildman–Crippen LogP) is 2.44. The van der Waals surface area contributed by atoms with Gasteiger partial charge in [0.15, 0.2) is 4.51 Å². The quantitative estimate of drug-likeness (QED) is 0.430. The van der Waals surface area contributed by atoms with E-state index in [2.05, 4.69) is 33.0 Å². The van der Waals surface area contributed by atoms with Gasteiger partial charge in [-0.05, 0) is 46.1 Å². The fourth-order valence-corrected chi connectivity index (χ4v) is 6.47. The van der Waals surface area contributed by atoms with Gasteiger partial charge in [-0.25, -0.2) is 0 Å². The second-order valence-corrected chi connectivity index (χ2v) is 8.95. The van der Waals surface area contributed by atoms with E-state index in [1.165, 1.54) is 18.1 Å². The van der Waals surface area contributed by atoms with Gasteiger partial charge in [-0.2, -0.15) is 0 Å². The number of alkyl halides is 1. The molecule has 138 valence electrons. The number of halogens is 1. The molecule has 1 amide bonds. The fourth-order valence-electron chi connectivity index (χ4n) is 5.61. The van der Waals surface area contributed by atoms with Gasteiger partial charge in [0.05, 0.1) is 13.0 Å². The molecule has 4 aliphatic heterocycles. The van der Waals surface area contributed by atoms with Gasteiger partial charge < -0.3 is 19.4 Å². The molecule has 6 nitrogen and oxygen atoms in total. The largest absolute Gasteiger partial charge is 0.469 e. The summed E-state index contributed by atoms with van der Waals surface area (Å²) in [5.41, 5.74) is 2.45. The summed E-state index contributed by atoms with van der Waals surface area (Å²) in [6.07, 6.45) is 4.62. The number of H-pyrrole nitrogens is 1. The van der Waals surface area contributed by atoms with Gasteiger partial charge in [0.25, 0.3) is 0 Å². The van der Waals surface area contributed by atoms with Crippen molar-refractivity contribution < 1.29 is 19.1 Å². The number of methoxy groups -OCH3 is 1. The highest BCUT2D eigenvalue weighted by Gasteiger charge is 2.76. The Balaban J connectivity index is 1.58. The topological polar surface area (TPSA) is 71.6 Å². The summed E-state index contributed by atoms with van der Waals surface area (Å²) >= 11 is 3.57.